The molecule has 1 aromatic heterocycles. The summed E-state index contributed by atoms with van der Waals surface area (Å²) in [6, 6.07) is 22.0. The fourth-order valence-electron chi connectivity index (χ4n) is 2.35. The summed E-state index contributed by atoms with van der Waals surface area (Å²) in [6.45, 7) is 0. The number of nitriles is 1. The molecule has 0 unspecified atom stereocenters. The van der Waals surface area contributed by atoms with Crippen LogP contribution in [0.25, 0.3) is 6.08 Å². The van der Waals surface area contributed by atoms with Crippen LogP contribution in [0.5, 0.6) is 11.5 Å². The van der Waals surface area contributed by atoms with E-state index in [2.05, 4.69) is 5.32 Å². The highest BCUT2D eigenvalue weighted by Gasteiger charge is 2.10. The summed E-state index contributed by atoms with van der Waals surface area (Å²) in [7, 11) is 1.85. The highest BCUT2D eigenvalue weighted by atomic mass is 16.5. The number of benzene rings is 2. The number of rotatable bonds is 5. The summed E-state index contributed by atoms with van der Waals surface area (Å²) in [6.07, 6.45) is 3.41. The second-order valence-corrected chi connectivity index (χ2v) is 5.61. The molecule has 0 radical (unpaired) electrons. The van der Waals surface area contributed by atoms with Crippen molar-refractivity contribution < 1.29 is 9.53 Å². The molecule has 3 aromatic rings. The lowest BCUT2D eigenvalue weighted by molar-refractivity contribution is -0.112. The molecule has 0 aliphatic rings. The lowest BCUT2D eigenvalue weighted by Gasteiger charge is -2.08. The van der Waals surface area contributed by atoms with E-state index < -0.39 is 5.91 Å². The van der Waals surface area contributed by atoms with Crippen LogP contribution in [0.1, 0.15) is 5.69 Å². The summed E-state index contributed by atoms with van der Waals surface area (Å²) in [5.74, 6) is 0.945. The Morgan fingerprint density at radius 2 is 1.73 bits per heavy atom. The van der Waals surface area contributed by atoms with Gasteiger partial charge in [-0.25, -0.2) is 0 Å². The molecule has 128 valence electrons. The maximum atomic E-state index is 12.3. The van der Waals surface area contributed by atoms with E-state index in [1.807, 2.05) is 66.3 Å². The Morgan fingerprint density at radius 1 is 1.04 bits per heavy atom. The summed E-state index contributed by atoms with van der Waals surface area (Å²) < 4.78 is 7.54. The minimum atomic E-state index is -0.453. The Morgan fingerprint density at radius 3 is 2.35 bits per heavy atom. The van der Waals surface area contributed by atoms with Gasteiger partial charge in [-0.3, -0.25) is 4.79 Å². The smallest absolute Gasteiger partial charge is 0.266 e. The molecule has 0 bridgehead atoms. The Kier molecular flexibility index (Phi) is 5.16. The van der Waals surface area contributed by atoms with Gasteiger partial charge in [0.1, 0.15) is 23.1 Å². The Balaban J connectivity index is 1.68. The lowest BCUT2D eigenvalue weighted by Crippen LogP contribution is -2.13. The molecule has 5 heteroatoms. The molecule has 0 saturated carbocycles. The molecule has 1 N–H and O–H groups in total. The van der Waals surface area contributed by atoms with E-state index in [0.717, 1.165) is 11.4 Å². The Hall–Kier alpha value is -3.78. The van der Waals surface area contributed by atoms with Crippen LogP contribution < -0.4 is 10.1 Å². The number of carbonyl (C=O) groups is 1. The van der Waals surface area contributed by atoms with E-state index in [1.54, 1.807) is 30.3 Å². The Bertz CT molecular complexity index is 964. The molecule has 1 amide bonds. The molecule has 26 heavy (non-hydrogen) atoms. The monoisotopic (exact) mass is 343 g/mol. The second-order valence-electron chi connectivity index (χ2n) is 5.61. The van der Waals surface area contributed by atoms with Crippen LogP contribution in [0.2, 0.25) is 0 Å². The fourth-order valence-corrected chi connectivity index (χ4v) is 2.35. The maximum absolute atomic E-state index is 12.3. The standard InChI is InChI=1S/C21H17N3O2/c1-24-13-5-6-18(24)14-16(15-22)21(25)23-17-9-11-20(12-10-17)26-19-7-3-2-4-8-19/h2-14H,1H3,(H,23,25)/b16-14+. The molecule has 0 saturated heterocycles. The zero-order chi connectivity index (χ0) is 18.4. The molecule has 1 heterocycles. The largest absolute Gasteiger partial charge is 0.457 e. The van der Waals surface area contributed by atoms with Crippen LogP contribution in [-0.4, -0.2) is 10.5 Å². The number of amides is 1. The van der Waals surface area contributed by atoms with Gasteiger partial charge in [0.25, 0.3) is 5.91 Å². The van der Waals surface area contributed by atoms with Crippen LogP contribution in [0.3, 0.4) is 0 Å². The first-order chi connectivity index (χ1) is 12.7. The fraction of sp³-hybridized carbons (Fsp3) is 0.0476. The van der Waals surface area contributed by atoms with Crippen molar-refractivity contribution >= 4 is 17.7 Å². The van der Waals surface area contributed by atoms with Gasteiger partial charge in [0, 0.05) is 24.6 Å². The third kappa shape index (κ3) is 4.19. The number of aromatic nitrogens is 1. The van der Waals surface area contributed by atoms with Gasteiger partial charge in [0.05, 0.1) is 0 Å². The zero-order valence-electron chi connectivity index (χ0n) is 14.2. The van der Waals surface area contributed by atoms with Crippen molar-refractivity contribution in [1.29, 1.82) is 5.26 Å². The number of hydrogen-bond acceptors (Lipinski definition) is 3. The minimum Gasteiger partial charge on any atom is -0.457 e. The number of ether oxygens (including phenoxy) is 1. The molecular formula is C21H17N3O2. The molecule has 0 spiro atoms. The third-order valence-electron chi connectivity index (χ3n) is 3.73. The van der Waals surface area contributed by atoms with Crippen molar-refractivity contribution in [3.05, 3.63) is 84.2 Å². The number of aryl methyl sites for hydroxylation is 1. The lowest BCUT2D eigenvalue weighted by atomic mass is 10.2. The average molecular weight is 343 g/mol. The van der Waals surface area contributed by atoms with Gasteiger partial charge in [-0.1, -0.05) is 18.2 Å². The van der Waals surface area contributed by atoms with Crippen molar-refractivity contribution in [2.45, 2.75) is 0 Å². The van der Waals surface area contributed by atoms with Gasteiger partial charge in [0.15, 0.2) is 0 Å². The first-order valence-electron chi connectivity index (χ1n) is 8.03. The quantitative estimate of drug-likeness (QED) is 0.553. The first-order valence-corrected chi connectivity index (χ1v) is 8.03. The second kappa shape index (κ2) is 7.86. The van der Waals surface area contributed by atoms with Gasteiger partial charge in [-0.15, -0.1) is 0 Å². The van der Waals surface area contributed by atoms with Gasteiger partial charge < -0.3 is 14.6 Å². The summed E-state index contributed by atoms with van der Waals surface area (Å²) in [4.78, 5) is 12.3. The number of nitrogens with one attached hydrogen (secondary N) is 1. The van der Waals surface area contributed by atoms with Crippen molar-refractivity contribution in [2.75, 3.05) is 5.32 Å². The van der Waals surface area contributed by atoms with E-state index >= 15 is 0 Å². The van der Waals surface area contributed by atoms with Crippen molar-refractivity contribution in [3.8, 4) is 17.6 Å². The van der Waals surface area contributed by atoms with E-state index in [0.29, 0.717) is 11.4 Å². The predicted molar refractivity (Wildman–Crippen MR) is 101 cm³/mol. The molecule has 0 atom stereocenters. The molecule has 0 aliphatic heterocycles. The molecule has 2 aromatic carbocycles. The molecular weight excluding hydrogens is 326 g/mol. The SMILES string of the molecule is Cn1cccc1/C=C(\C#N)C(=O)Nc1ccc(Oc2ccccc2)cc1. The topological polar surface area (TPSA) is 67.0 Å². The summed E-state index contributed by atoms with van der Waals surface area (Å²) in [5.41, 5.74) is 1.41. The number of nitrogens with zero attached hydrogens (tertiary/aromatic N) is 2. The number of hydrogen-bond donors (Lipinski definition) is 1. The molecule has 5 nitrogen and oxygen atoms in total. The van der Waals surface area contributed by atoms with Crippen molar-refractivity contribution in [3.63, 3.8) is 0 Å². The van der Waals surface area contributed by atoms with Crippen LogP contribution in [0.15, 0.2) is 78.5 Å². The van der Waals surface area contributed by atoms with Crippen molar-refractivity contribution in [2.24, 2.45) is 7.05 Å². The Labute approximate surface area is 151 Å². The molecule has 3 rings (SSSR count). The normalized spacial score (nSPS) is 10.8. The maximum Gasteiger partial charge on any atom is 0.266 e. The molecule has 0 fully saturated rings. The number of carbonyl (C=O) groups excluding carboxylic acids is 1. The van der Waals surface area contributed by atoms with E-state index in [-0.39, 0.29) is 5.57 Å². The van der Waals surface area contributed by atoms with E-state index in [4.69, 9.17) is 4.74 Å². The summed E-state index contributed by atoms with van der Waals surface area (Å²) >= 11 is 0. The zero-order valence-corrected chi connectivity index (χ0v) is 14.2. The van der Waals surface area contributed by atoms with Crippen molar-refractivity contribution in [1.82, 2.24) is 4.57 Å². The molecule has 0 aliphatic carbocycles. The van der Waals surface area contributed by atoms with Crippen LogP contribution in [0, 0.1) is 11.3 Å². The van der Waals surface area contributed by atoms with Gasteiger partial charge >= 0.3 is 0 Å². The minimum absolute atomic E-state index is 0.0383. The van der Waals surface area contributed by atoms with E-state index in [1.165, 1.54) is 0 Å². The summed E-state index contributed by atoms with van der Waals surface area (Å²) in [5, 5.41) is 12.0. The average Bonchev–Trinajstić information content (AvgIpc) is 3.06. The highest BCUT2D eigenvalue weighted by molar-refractivity contribution is 6.09. The van der Waals surface area contributed by atoms with Gasteiger partial charge in [-0.2, -0.15) is 5.26 Å². The predicted octanol–water partition coefficient (Wildman–Crippen LogP) is 4.36. The highest BCUT2D eigenvalue weighted by Crippen LogP contribution is 2.23. The van der Waals surface area contributed by atoms with E-state index in [9.17, 15) is 10.1 Å². The number of anilines is 1. The third-order valence-corrected chi connectivity index (χ3v) is 3.73. The van der Waals surface area contributed by atoms with Crippen LogP contribution in [-0.2, 0) is 11.8 Å². The van der Waals surface area contributed by atoms with Crippen LogP contribution in [0.4, 0.5) is 5.69 Å². The van der Waals surface area contributed by atoms with Gasteiger partial charge in [0.2, 0.25) is 0 Å². The first kappa shape index (κ1) is 17.1. The van der Waals surface area contributed by atoms with Crippen LogP contribution >= 0.6 is 0 Å². The number of para-hydroxylation sites is 1. The van der Waals surface area contributed by atoms with Gasteiger partial charge in [-0.05, 0) is 54.6 Å².